The Labute approximate surface area is 121 Å². The van der Waals surface area contributed by atoms with E-state index in [0.717, 1.165) is 18.0 Å². The zero-order chi connectivity index (χ0) is 14.2. The number of amides is 1. The summed E-state index contributed by atoms with van der Waals surface area (Å²) in [6.07, 6.45) is 5.90. The molecule has 4 nitrogen and oxygen atoms in total. The second-order valence-electron chi connectivity index (χ2n) is 5.44. The van der Waals surface area contributed by atoms with Crippen LogP contribution < -0.4 is 15.0 Å². The van der Waals surface area contributed by atoms with E-state index in [4.69, 9.17) is 4.74 Å². The number of carbonyl (C=O) groups is 1. The van der Waals surface area contributed by atoms with Gasteiger partial charge in [0.2, 0.25) is 5.91 Å². The minimum Gasteiger partial charge on any atom is -0.497 e. The molecule has 1 aliphatic heterocycles. The summed E-state index contributed by atoms with van der Waals surface area (Å²) in [5, 5.41) is 2.94. The van der Waals surface area contributed by atoms with E-state index in [0.29, 0.717) is 6.42 Å². The average Bonchev–Trinajstić information content (AvgIpc) is 2.74. The highest BCUT2D eigenvalue weighted by Gasteiger charge is 2.13. The van der Waals surface area contributed by atoms with Crippen molar-refractivity contribution in [3.05, 3.63) is 24.3 Å². The van der Waals surface area contributed by atoms with E-state index in [1.165, 1.54) is 38.8 Å². The van der Waals surface area contributed by atoms with Crippen LogP contribution in [0.4, 0.5) is 5.69 Å². The molecule has 0 unspecified atom stereocenters. The van der Waals surface area contributed by atoms with Crippen molar-refractivity contribution >= 4 is 11.6 Å². The molecule has 1 aromatic rings. The maximum Gasteiger partial charge on any atom is 0.230 e. The summed E-state index contributed by atoms with van der Waals surface area (Å²) in [5.41, 5.74) is 0.835. The predicted octanol–water partition coefficient (Wildman–Crippen LogP) is 1.48. The number of hydrogen-bond donors (Lipinski definition) is 2. The van der Waals surface area contributed by atoms with Crippen molar-refractivity contribution in [1.82, 2.24) is 0 Å². The van der Waals surface area contributed by atoms with Crippen LogP contribution in [0.25, 0.3) is 0 Å². The Morgan fingerprint density at radius 1 is 1.15 bits per heavy atom. The van der Waals surface area contributed by atoms with Crippen molar-refractivity contribution in [2.45, 2.75) is 32.1 Å². The first-order valence-corrected chi connectivity index (χ1v) is 7.55. The SMILES string of the molecule is COc1ccc(NC(=O)CC[NH+]2CCCCCC2)cc1. The zero-order valence-electron chi connectivity index (χ0n) is 12.3. The Kier molecular flexibility index (Phi) is 5.87. The highest BCUT2D eigenvalue weighted by Crippen LogP contribution is 2.14. The third kappa shape index (κ3) is 4.85. The van der Waals surface area contributed by atoms with Gasteiger partial charge in [-0.2, -0.15) is 0 Å². The normalized spacial score (nSPS) is 16.4. The van der Waals surface area contributed by atoms with Crippen molar-refractivity contribution in [2.75, 3.05) is 32.1 Å². The van der Waals surface area contributed by atoms with Gasteiger partial charge in [0.05, 0.1) is 33.2 Å². The predicted molar refractivity (Wildman–Crippen MR) is 80.3 cm³/mol. The van der Waals surface area contributed by atoms with Gasteiger partial charge in [0, 0.05) is 5.69 Å². The molecule has 0 atom stereocenters. The maximum absolute atomic E-state index is 11.9. The highest BCUT2D eigenvalue weighted by molar-refractivity contribution is 5.90. The van der Waals surface area contributed by atoms with Crippen LogP contribution in [0, 0.1) is 0 Å². The van der Waals surface area contributed by atoms with Crippen molar-refractivity contribution in [1.29, 1.82) is 0 Å². The molecule has 0 aromatic heterocycles. The van der Waals surface area contributed by atoms with Gasteiger partial charge in [-0.15, -0.1) is 0 Å². The lowest BCUT2D eigenvalue weighted by molar-refractivity contribution is -0.898. The molecule has 4 heteroatoms. The van der Waals surface area contributed by atoms with E-state index in [2.05, 4.69) is 5.32 Å². The Hall–Kier alpha value is -1.55. The molecule has 0 aliphatic carbocycles. The molecule has 1 aromatic carbocycles. The fraction of sp³-hybridized carbons (Fsp3) is 0.562. The van der Waals surface area contributed by atoms with Gasteiger partial charge < -0.3 is 15.0 Å². The number of hydrogen-bond acceptors (Lipinski definition) is 2. The second-order valence-corrected chi connectivity index (χ2v) is 5.44. The summed E-state index contributed by atoms with van der Waals surface area (Å²) in [6, 6.07) is 7.45. The number of methoxy groups -OCH3 is 1. The molecule has 110 valence electrons. The first-order valence-electron chi connectivity index (χ1n) is 7.55. The fourth-order valence-corrected chi connectivity index (χ4v) is 2.67. The van der Waals surface area contributed by atoms with Crippen molar-refractivity contribution < 1.29 is 14.4 Å². The minimum atomic E-state index is 0.104. The van der Waals surface area contributed by atoms with E-state index in [1.54, 1.807) is 12.0 Å². The van der Waals surface area contributed by atoms with Gasteiger partial charge in [-0.1, -0.05) is 0 Å². The molecule has 0 saturated carbocycles. The molecule has 1 saturated heterocycles. The highest BCUT2D eigenvalue weighted by atomic mass is 16.5. The lowest BCUT2D eigenvalue weighted by Crippen LogP contribution is -3.12. The number of likely N-dealkylation sites (tertiary alicyclic amines) is 1. The number of nitrogens with one attached hydrogen (secondary N) is 2. The number of anilines is 1. The Morgan fingerprint density at radius 2 is 1.80 bits per heavy atom. The van der Waals surface area contributed by atoms with Gasteiger partial charge in [-0.05, 0) is 49.9 Å². The van der Waals surface area contributed by atoms with Crippen LogP contribution in [0.3, 0.4) is 0 Å². The summed E-state index contributed by atoms with van der Waals surface area (Å²) in [5.74, 6) is 0.906. The smallest absolute Gasteiger partial charge is 0.230 e. The molecular formula is C16H25N2O2+. The van der Waals surface area contributed by atoms with Crippen LogP contribution in [0.5, 0.6) is 5.75 Å². The van der Waals surface area contributed by atoms with Crippen LogP contribution >= 0.6 is 0 Å². The quantitative estimate of drug-likeness (QED) is 0.856. The van der Waals surface area contributed by atoms with Crippen LogP contribution in [0.15, 0.2) is 24.3 Å². The summed E-state index contributed by atoms with van der Waals surface area (Å²) in [7, 11) is 1.64. The zero-order valence-corrected chi connectivity index (χ0v) is 12.3. The Balaban J connectivity index is 1.73. The molecular weight excluding hydrogens is 252 g/mol. The molecule has 1 amide bonds. The molecule has 20 heavy (non-hydrogen) atoms. The molecule has 1 fully saturated rings. The molecule has 0 bridgehead atoms. The number of benzene rings is 1. The molecule has 2 rings (SSSR count). The van der Waals surface area contributed by atoms with Crippen LogP contribution in [-0.2, 0) is 4.79 Å². The topological polar surface area (TPSA) is 42.8 Å². The van der Waals surface area contributed by atoms with Crippen molar-refractivity contribution in [2.24, 2.45) is 0 Å². The van der Waals surface area contributed by atoms with Gasteiger partial charge in [0.25, 0.3) is 0 Å². The summed E-state index contributed by atoms with van der Waals surface area (Å²) in [6.45, 7) is 3.38. The summed E-state index contributed by atoms with van der Waals surface area (Å²) in [4.78, 5) is 13.5. The molecule has 1 aliphatic rings. The molecule has 1 heterocycles. The Morgan fingerprint density at radius 3 is 2.40 bits per heavy atom. The van der Waals surface area contributed by atoms with Gasteiger partial charge in [0.15, 0.2) is 0 Å². The van der Waals surface area contributed by atoms with Crippen molar-refractivity contribution in [3.63, 3.8) is 0 Å². The van der Waals surface area contributed by atoms with Crippen molar-refractivity contribution in [3.8, 4) is 5.75 Å². The fourth-order valence-electron chi connectivity index (χ4n) is 2.67. The van der Waals surface area contributed by atoms with E-state index in [9.17, 15) is 4.79 Å². The van der Waals surface area contributed by atoms with Crippen LogP contribution in [-0.4, -0.2) is 32.7 Å². The first-order chi connectivity index (χ1) is 9.78. The third-order valence-electron chi connectivity index (χ3n) is 3.89. The largest absolute Gasteiger partial charge is 0.497 e. The Bertz CT molecular complexity index is 409. The number of rotatable bonds is 5. The molecule has 2 N–H and O–H groups in total. The van der Waals surface area contributed by atoms with Gasteiger partial charge >= 0.3 is 0 Å². The third-order valence-corrected chi connectivity index (χ3v) is 3.89. The van der Waals surface area contributed by atoms with Gasteiger partial charge in [-0.25, -0.2) is 0 Å². The lowest BCUT2D eigenvalue weighted by Gasteiger charge is -2.16. The average molecular weight is 277 g/mol. The summed E-state index contributed by atoms with van der Waals surface area (Å²) >= 11 is 0. The van der Waals surface area contributed by atoms with E-state index >= 15 is 0 Å². The number of ether oxygens (including phenoxy) is 1. The monoisotopic (exact) mass is 277 g/mol. The second kappa shape index (κ2) is 7.90. The first kappa shape index (κ1) is 14.9. The minimum absolute atomic E-state index is 0.104. The standard InChI is InChI=1S/C16H24N2O2/c1-20-15-8-6-14(7-9-15)17-16(19)10-13-18-11-4-2-3-5-12-18/h6-9H,2-5,10-13H2,1H3,(H,17,19)/p+1. The number of quaternary nitrogens is 1. The lowest BCUT2D eigenvalue weighted by atomic mass is 10.2. The van der Waals surface area contributed by atoms with E-state index < -0.39 is 0 Å². The van der Waals surface area contributed by atoms with Gasteiger partial charge in [-0.3, -0.25) is 4.79 Å². The van der Waals surface area contributed by atoms with Crippen LogP contribution in [0.1, 0.15) is 32.1 Å². The van der Waals surface area contributed by atoms with E-state index in [-0.39, 0.29) is 5.91 Å². The van der Waals surface area contributed by atoms with E-state index in [1.807, 2.05) is 24.3 Å². The summed E-state index contributed by atoms with van der Waals surface area (Å²) < 4.78 is 5.10. The van der Waals surface area contributed by atoms with Crippen LogP contribution in [0.2, 0.25) is 0 Å². The number of carbonyl (C=O) groups excluding carboxylic acids is 1. The van der Waals surface area contributed by atoms with Gasteiger partial charge in [0.1, 0.15) is 5.75 Å². The molecule has 0 spiro atoms. The molecule has 0 radical (unpaired) electrons. The maximum atomic E-state index is 11.9.